The van der Waals surface area contributed by atoms with Crippen LogP contribution in [0.3, 0.4) is 0 Å². The van der Waals surface area contributed by atoms with E-state index in [0.29, 0.717) is 39.1 Å². The Labute approximate surface area is 179 Å². The topological polar surface area (TPSA) is 126 Å². The van der Waals surface area contributed by atoms with E-state index in [2.05, 4.69) is 31.7 Å². The minimum Gasteiger partial charge on any atom is -0.381 e. The number of H-pyrrole nitrogens is 2. The molecule has 4 aromatic rings. The van der Waals surface area contributed by atoms with Crippen LogP contribution in [0.25, 0.3) is 10.9 Å². The number of benzene rings is 2. The second-order valence-electron chi connectivity index (χ2n) is 6.60. The van der Waals surface area contributed by atoms with E-state index in [4.69, 9.17) is 11.6 Å². The van der Waals surface area contributed by atoms with Crippen molar-refractivity contribution in [3.63, 3.8) is 0 Å². The lowest BCUT2D eigenvalue weighted by Gasteiger charge is -2.13. The lowest BCUT2D eigenvalue weighted by molar-refractivity contribution is 0.628. The summed E-state index contributed by atoms with van der Waals surface area (Å²) in [6.45, 7) is 0.166. The lowest BCUT2D eigenvalue weighted by atomic mass is 10.1. The van der Waals surface area contributed by atoms with Crippen molar-refractivity contribution in [2.75, 3.05) is 10.6 Å². The number of aromatic amines is 2. The monoisotopic (exact) mass is 436 g/mol. The first-order chi connectivity index (χ1) is 14.9. The van der Waals surface area contributed by atoms with E-state index < -0.39 is 17.1 Å². The molecule has 31 heavy (non-hydrogen) atoms. The molecule has 0 spiro atoms. The molecule has 2 heterocycles. The van der Waals surface area contributed by atoms with Gasteiger partial charge in [-0.2, -0.15) is 5.26 Å². The van der Waals surface area contributed by atoms with Crippen molar-refractivity contribution in [3.05, 3.63) is 91.6 Å². The first kappa shape index (κ1) is 20.1. The van der Waals surface area contributed by atoms with E-state index in [9.17, 15) is 19.2 Å². The molecule has 0 bridgehead atoms. The quantitative estimate of drug-likeness (QED) is 0.378. The molecule has 0 aliphatic carbocycles. The maximum Gasteiger partial charge on any atom is 0.325 e. The molecule has 0 amide bonds. The summed E-state index contributed by atoms with van der Waals surface area (Å²) in [5.41, 5.74) is 1.86. The molecule has 0 aliphatic rings. The van der Waals surface area contributed by atoms with E-state index in [0.717, 1.165) is 0 Å². The Morgan fingerprint density at radius 3 is 2.71 bits per heavy atom. The number of rotatable bonds is 5. The smallest absolute Gasteiger partial charge is 0.325 e. The predicted molar refractivity (Wildman–Crippen MR) is 116 cm³/mol. The van der Waals surface area contributed by atoms with Gasteiger partial charge in [-0.1, -0.05) is 11.6 Å². The number of anilines is 3. The van der Waals surface area contributed by atoms with E-state index in [1.54, 1.807) is 18.2 Å². The van der Waals surface area contributed by atoms with Gasteiger partial charge in [0.1, 0.15) is 11.9 Å². The first-order valence-electron chi connectivity index (χ1n) is 9.04. The summed E-state index contributed by atoms with van der Waals surface area (Å²) >= 11 is 5.87. The third-order valence-corrected chi connectivity index (χ3v) is 4.85. The zero-order valence-corrected chi connectivity index (χ0v) is 16.5. The Kier molecular flexibility index (Phi) is 5.39. The molecule has 4 rings (SSSR count). The van der Waals surface area contributed by atoms with Gasteiger partial charge in [-0.15, -0.1) is 0 Å². The Balaban J connectivity index is 1.71. The maximum absolute atomic E-state index is 13.5. The number of hydrogen-bond acceptors (Lipinski definition) is 6. The Morgan fingerprint density at radius 1 is 1.16 bits per heavy atom. The minimum atomic E-state index is -0.578. The van der Waals surface area contributed by atoms with Crippen LogP contribution in [0.2, 0.25) is 5.02 Å². The lowest BCUT2D eigenvalue weighted by Crippen LogP contribution is -2.25. The number of nitrogens with zero attached hydrogens (tertiary/aromatic N) is 2. The summed E-state index contributed by atoms with van der Waals surface area (Å²) in [7, 11) is 0. The highest BCUT2D eigenvalue weighted by molar-refractivity contribution is 6.31. The molecule has 4 N–H and O–H groups in total. The van der Waals surface area contributed by atoms with Crippen LogP contribution in [-0.4, -0.2) is 15.0 Å². The Hall–Kier alpha value is -4.16. The summed E-state index contributed by atoms with van der Waals surface area (Å²) in [6, 6.07) is 11.6. The molecular weight excluding hydrogens is 423 g/mol. The predicted octanol–water partition coefficient (Wildman–Crippen LogP) is 3.63. The minimum absolute atomic E-state index is 0.0460. The van der Waals surface area contributed by atoms with Crippen LogP contribution in [-0.2, 0) is 6.54 Å². The highest BCUT2D eigenvalue weighted by Crippen LogP contribution is 2.32. The van der Waals surface area contributed by atoms with E-state index in [-0.39, 0.29) is 11.6 Å². The third kappa shape index (κ3) is 4.24. The highest BCUT2D eigenvalue weighted by Gasteiger charge is 2.12. The molecule has 2 aromatic carbocycles. The molecule has 2 aromatic heterocycles. The summed E-state index contributed by atoms with van der Waals surface area (Å²) in [6.07, 6.45) is 2.79. The molecule has 10 heteroatoms. The third-order valence-electron chi connectivity index (χ3n) is 4.56. The SMILES string of the molecule is N#Cc1cnc2ccc(NCc3c[nH]c(=O)[nH]c3=O)cc2c1Nc1ccc(F)c(Cl)c1. The van der Waals surface area contributed by atoms with Gasteiger partial charge in [-0.05, 0) is 36.4 Å². The molecule has 0 saturated carbocycles. The average molecular weight is 437 g/mol. The molecule has 0 aliphatic heterocycles. The van der Waals surface area contributed by atoms with E-state index >= 15 is 0 Å². The molecule has 0 radical (unpaired) electrons. The summed E-state index contributed by atoms with van der Waals surface area (Å²) < 4.78 is 13.5. The second kappa shape index (κ2) is 8.30. The van der Waals surface area contributed by atoms with Crippen LogP contribution in [0.15, 0.2) is 58.4 Å². The molecule has 0 unspecified atom stereocenters. The Bertz CT molecular complexity index is 1460. The van der Waals surface area contributed by atoms with Crippen LogP contribution in [0.4, 0.5) is 21.5 Å². The van der Waals surface area contributed by atoms with Crippen molar-refractivity contribution >= 4 is 39.6 Å². The van der Waals surface area contributed by atoms with Crippen molar-refractivity contribution in [1.29, 1.82) is 5.26 Å². The first-order valence-corrected chi connectivity index (χ1v) is 9.42. The zero-order chi connectivity index (χ0) is 22.0. The van der Waals surface area contributed by atoms with Crippen LogP contribution in [0.1, 0.15) is 11.1 Å². The fourth-order valence-corrected chi connectivity index (χ4v) is 3.19. The van der Waals surface area contributed by atoms with Gasteiger partial charge in [0.15, 0.2) is 0 Å². The van der Waals surface area contributed by atoms with Gasteiger partial charge in [-0.25, -0.2) is 9.18 Å². The molecular formula is C21H14ClFN6O2. The largest absolute Gasteiger partial charge is 0.381 e. The summed E-state index contributed by atoms with van der Waals surface area (Å²) in [5.74, 6) is -0.545. The standard InChI is InChI=1S/C21H14ClFN6O2/c22-16-6-14(1-3-17(16)23)28-19-11(7-24)8-26-18-4-2-13(5-15(18)19)25-9-12-10-27-21(31)29-20(12)30/h1-6,8,10,25H,9H2,(H,26,28)(H2,27,29,30,31). The number of pyridine rings is 1. The average Bonchev–Trinajstić information content (AvgIpc) is 2.76. The van der Waals surface area contributed by atoms with Crippen molar-refractivity contribution in [2.24, 2.45) is 0 Å². The van der Waals surface area contributed by atoms with Gasteiger partial charge in [-0.3, -0.25) is 14.8 Å². The van der Waals surface area contributed by atoms with Gasteiger partial charge in [0, 0.05) is 35.7 Å². The van der Waals surface area contributed by atoms with Crippen molar-refractivity contribution in [2.45, 2.75) is 6.54 Å². The van der Waals surface area contributed by atoms with Crippen molar-refractivity contribution in [3.8, 4) is 6.07 Å². The van der Waals surface area contributed by atoms with Crippen molar-refractivity contribution < 1.29 is 4.39 Å². The highest BCUT2D eigenvalue weighted by atomic mass is 35.5. The second-order valence-corrected chi connectivity index (χ2v) is 7.00. The summed E-state index contributed by atoms with van der Waals surface area (Å²) in [5, 5.41) is 16.3. The fourth-order valence-electron chi connectivity index (χ4n) is 3.01. The maximum atomic E-state index is 13.5. The fraction of sp³-hybridized carbons (Fsp3) is 0.0476. The summed E-state index contributed by atoms with van der Waals surface area (Å²) in [4.78, 5) is 31.9. The molecule has 8 nitrogen and oxygen atoms in total. The van der Waals surface area contributed by atoms with E-state index in [1.165, 1.54) is 30.6 Å². The normalized spacial score (nSPS) is 10.6. The van der Waals surface area contributed by atoms with Gasteiger partial charge in [0.05, 0.1) is 27.4 Å². The number of fused-ring (bicyclic) bond motifs is 1. The van der Waals surface area contributed by atoms with Crippen LogP contribution in [0, 0.1) is 17.1 Å². The number of halogens is 2. The number of hydrogen-bond donors (Lipinski definition) is 4. The van der Waals surface area contributed by atoms with Crippen LogP contribution in [0.5, 0.6) is 0 Å². The van der Waals surface area contributed by atoms with Gasteiger partial charge >= 0.3 is 5.69 Å². The van der Waals surface area contributed by atoms with Crippen LogP contribution >= 0.6 is 11.6 Å². The van der Waals surface area contributed by atoms with Gasteiger partial charge in [0.25, 0.3) is 5.56 Å². The molecule has 0 atom stereocenters. The number of aromatic nitrogens is 3. The zero-order valence-electron chi connectivity index (χ0n) is 15.8. The molecule has 0 fully saturated rings. The van der Waals surface area contributed by atoms with Crippen LogP contribution < -0.4 is 21.9 Å². The van der Waals surface area contributed by atoms with E-state index in [1.807, 2.05) is 0 Å². The molecule has 154 valence electrons. The molecule has 0 saturated heterocycles. The number of nitriles is 1. The van der Waals surface area contributed by atoms with Gasteiger partial charge < -0.3 is 15.6 Å². The number of nitrogens with one attached hydrogen (secondary N) is 4. The van der Waals surface area contributed by atoms with Gasteiger partial charge in [0.2, 0.25) is 0 Å². The Morgan fingerprint density at radius 2 is 1.97 bits per heavy atom. The van der Waals surface area contributed by atoms with Crippen molar-refractivity contribution in [1.82, 2.24) is 15.0 Å².